The van der Waals surface area contributed by atoms with Crippen LogP contribution in [0.4, 0.5) is 0 Å². The molecule has 1 N–H and O–H groups in total. The molecule has 0 radical (unpaired) electrons. The van der Waals surface area contributed by atoms with Crippen molar-refractivity contribution in [3.63, 3.8) is 0 Å². The Kier molecular flexibility index (Phi) is 8.31. The molecule has 0 fully saturated rings. The van der Waals surface area contributed by atoms with Gasteiger partial charge in [-0.05, 0) is 37.0 Å². The van der Waals surface area contributed by atoms with Crippen LogP contribution < -0.4 is 10.1 Å². The molecule has 1 aromatic carbocycles. The zero-order chi connectivity index (χ0) is 13.9. The average Bonchev–Trinajstić information content (AvgIpc) is 2.46. The van der Waals surface area contributed by atoms with Gasteiger partial charge in [-0.25, -0.2) is 0 Å². The van der Waals surface area contributed by atoms with E-state index in [-0.39, 0.29) is 0 Å². The molecule has 0 aromatic heterocycles. The molecule has 1 aromatic rings. The predicted octanol–water partition coefficient (Wildman–Crippen LogP) is 4.53. The van der Waals surface area contributed by atoms with Crippen molar-refractivity contribution in [1.29, 1.82) is 0 Å². The normalized spacial score (nSPS) is 10.9. The highest BCUT2D eigenvalue weighted by Crippen LogP contribution is 2.13. The largest absolute Gasteiger partial charge is 0.494 e. The third-order valence-corrected chi connectivity index (χ3v) is 3.52. The van der Waals surface area contributed by atoms with E-state index < -0.39 is 0 Å². The van der Waals surface area contributed by atoms with Crippen LogP contribution in [0.25, 0.3) is 0 Å². The fraction of sp³-hybridized carbons (Fsp3) is 0.647. The lowest BCUT2D eigenvalue weighted by atomic mass is 10.1. The molecule has 0 atom stereocenters. The predicted molar refractivity (Wildman–Crippen MR) is 82.7 cm³/mol. The summed E-state index contributed by atoms with van der Waals surface area (Å²) >= 11 is 0. The molecule has 0 amide bonds. The first-order valence-corrected chi connectivity index (χ1v) is 7.75. The lowest BCUT2D eigenvalue weighted by Gasteiger charge is -2.14. The van der Waals surface area contributed by atoms with Gasteiger partial charge in [0.05, 0.1) is 6.61 Å². The molecule has 19 heavy (non-hydrogen) atoms. The molecule has 0 unspecified atom stereocenters. The number of rotatable bonds is 10. The van der Waals surface area contributed by atoms with Gasteiger partial charge in [0, 0.05) is 12.6 Å². The molecule has 0 heterocycles. The zero-order valence-electron chi connectivity index (χ0n) is 12.7. The van der Waals surface area contributed by atoms with Gasteiger partial charge in [-0.1, -0.05) is 45.7 Å². The Hall–Kier alpha value is -1.02. The topological polar surface area (TPSA) is 21.3 Å². The van der Waals surface area contributed by atoms with Gasteiger partial charge in [0.2, 0.25) is 0 Å². The first-order valence-electron chi connectivity index (χ1n) is 7.75. The van der Waals surface area contributed by atoms with Crippen molar-refractivity contribution in [2.24, 2.45) is 0 Å². The fourth-order valence-electron chi connectivity index (χ4n) is 2.09. The fourth-order valence-corrected chi connectivity index (χ4v) is 2.09. The van der Waals surface area contributed by atoms with Gasteiger partial charge in [-0.3, -0.25) is 0 Å². The number of hydrogen-bond donors (Lipinski definition) is 1. The van der Waals surface area contributed by atoms with Crippen LogP contribution in [0.1, 0.15) is 58.4 Å². The Morgan fingerprint density at radius 2 is 1.68 bits per heavy atom. The molecule has 2 heteroatoms. The molecule has 1 rings (SSSR count). The van der Waals surface area contributed by atoms with Gasteiger partial charge < -0.3 is 10.1 Å². The van der Waals surface area contributed by atoms with Gasteiger partial charge in [-0.15, -0.1) is 0 Å². The minimum Gasteiger partial charge on any atom is -0.494 e. The van der Waals surface area contributed by atoms with Crippen molar-refractivity contribution in [2.45, 2.75) is 65.5 Å². The Bertz CT molecular complexity index is 317. The maximum Gasteiger partial charge on any atom is 0.119 e. The maximum absolute atomic E-state index is 5.71. The van der Waals surface area contributed by atoms with E-state index in [4.69, 9.17) is 4.74 Å². The summed E-state index contributed by atoms with van der Waals surface area (Å²) in [6.45, 7) is 8.45. The highest BCUT2D eigenvalue weighted by molar-refractivity contribution is 5.27. The summed E-state index contributed by atoms with van der Waals surface area (Å²) < 4.78 is 5.71. The Morgan fingerprint density at radius 1 is 1.00 bits per heavy atom. The van der Waals surface area contributed by atoms with Crippen LogP contribution in [0.15, 0.2) is 24.3 Å². The minimum absolute atomic E-state index is 0.630. The van der Waals surface area contributed by atoms with Crippen molar-refractivity contribution < 1.29 is 4.74 Å². The Balaban J connectivity index is 2.30. The first kappa shape index (κ1) is 16.0. The SMILES string of the molecule is CCCCCOc1ccc(CNC(CC)CC)cc1. The van der Waals surface area contributed by atoms with E-state index in [0.29, 0.717) is 6.04 Å². The van der Waals surface area contributed by atoms with Crippen LogP contribution in [0.5, 0.6) is 5.75 Å². The molecular formula is C17H29NO. The molecule has 108 valence electrons. The molecule has 0 spiro atoms. The molecule has 0 saturated carbocycles. The van der Waals surface area contributed by atoms with Gasteiger partial charge in [-0.2, -0.15) is 0 Å². The van der Waals surface area contributed by atoms with Crippen molar-refractivity contribution in [3.8, 4) is 5.75 Å². The van der Waals surface area contributed by atoms with Crippen LogP contribution in [-0.2, 0) is 6.54 Å². The van der Waals surface area contributed by atoms with E-state index in [9.17, 15) is 0 Å². The molecule has 2 nitrogen and oxygen atoms in total. The number of nitrogens with one attached hydrogen (secondary N) is 1. The van der Waals surface area contributed by atoms with Gasteiger partial charge in [0.15, 0.2) is 0 Å². The Labute approximate surface area is 118 Å². The van der Waals surface area contributed by atoms with E-state index in [1.54, 1.807) is 0 Å². The van der Waals surface area contributed by atoms with E-state index in [1.807, 2.05) is 0 Å². The van der Waals surface area contributed by atoms with Crippen molar-refractivity contribution in [1.82, 2.24) is 5.32 Å². The van der Waals surface area contributed by atoms with Crippen LogP contribution in [0.2, 0.25) is 0 Å². The zero-order valence-corrected chi connectivity index (χ0v) is 12.7. The summed E-state index contributed by atoms with van der Waals surface area (Å²) in [4.78, 5) is 0. The quantitative estimate of drug-likeness (QED) is 0.626. The summed E-state index contributed by atoms with van der Waals surface area (Å²) in [6, 6.07) is 9.10. The first-order chi connectivity index (χ1) is 9.30. The smallest absolute Gasteiger partial charge is 0.119 e. The number of unbranched alkanes of at least 4 members (excludes halogenated alkanes) is 2. The van der Waals surface area contributed by atoms with Crippen LogP contribution in [0.3, 0.4) is 0 Å². The Morgan fingerprint density at radius 3 is 2.26 bits per heavy atom. The second-order valence-electron chi connectivity index (χ2n) is 5.09. The summed E-state index contributed by atoms with van der Waals surface area (Å²) in [5.74, 6) is 0.988. The van der Waals surface area contributed by atoms with Crippen LogP contribution in [0, 0.1) is 0 Å². The standard InChI is InChI=1S/C17H29NO/c1-4-7-8-13-19-17-11-9-15(10-12-17)14-18-16(5-2)6-3/h9-12,16,18H,4-8,13-14H2,1-3H3. The van der Waals surface area contributed by atoms with E-state index in [2.05, 4.69) is 50.4 Å². The van der Waals surface area contributed by atoms with Gasteiger partial charge in [0.1, 0.15) is 5.75 Å². The van der Waals surface area contributed by atoms with E-state index >= 15 is 0 Å². The molecular weight excluding hydrogens is 234 g/mol. The van der Waals surface area contributed by atoms with Gasteiger partial charge in [0.25, 0.3) is 0 Å². The molecule has 0 aliphatic heterocycles. The van der Waals surface area contributed by atoms with Crippen LogP contribution >= 0.6 is 0 Å². The lowest BCUT2D eigenvalue weighted by molar-refractivity contribution is 0.306. The van der Waals surface area contributed by atoms with Gasteiger partial charge >= 0.3 is 0 Å². The number of benzene rings is 1. The summed E-state index contributed by atoms with van der Waals surface area (Å²) in [7, 11) is 0. The van der Waals surface area contributed by atoms with E-state index in [0.717, 1.165) is 25.3 Å². The highest BCUT2D eigenvalue weighted by Gasteiger charge is 2.02. The molecule has 0 aliphatic carbocycles. The van der Waals surface area contributed by atoms with Crippen LogP contribution in [-0.4, -0.2) is 12.6 Å². The van der Waals surface area contributed by atoms with Crippen molar-refractivity contribution in [2.75, 3.05) is 6.61 Å². The summed E-state index contributed by atoms with van der Waals surface area (Å²) in [5, 5.41) is 3.57. The second kappa shape index (κ2) is 9.85. The monoisotopic (exact) mass is 263 g/mol. The summed E-state index contributed by atoms with van der Waals surface area (Å²) in [6.07, 6.45) is 6.01. The number of hydrogen-bond acceptors (Lipinski definition) is 2. The van der Waals surface area contributed by atoms with E-state index in [1.165, 1.54) is 31.2 Å². The molecule has 0 saturated heterocycles. The van der Waals surface area contributed by atoms with Crippen molar-refractivity contribution in [3.05, 3.63) is 29.8 Å². The third kappa shape index (κ3) is 6.63. The number of ether oxygens (including phenoxy) is 1. The molecule has 0 aliphatic rings. The minimum atomic E-state index is 0.630. The molecule has 0 bridgehead atoms. The second-order valence-corrected chi connectivity index (χ2v) is 5.09. The average molecular weight is 263 g/mol. The lowest BCUT2D eigenvalue weighted by Crippen LogP contribution is -2.26. The van der Waals surface area contributed by atoms with Crippen molar-refractivity contribution >= 4 is 0 Å². The third-order valence-electron chi connectivity index (χ3n) is 3.52. The highest BCUT2D eigenvalue weighted by atomic mass is 16.5. The maximum atomic E-state index is 5.71. The summed E-state index contributed by atoms with van der Waals surface area (Å²) in [5.41, 5.74) is 1.33.